The average molecular weight is 337 g/mol. The molecular weight excluding hydrogens is 310 g/mol. The van der Waals surface area contributed by atoms with Crippen molar-refractivity contribution >= 4 is 16.9 Å². The quantitative estimate of drug-likeness (QED) is 0.849. The number of furan rings is 1. The van der Waals surface area contributed by atoms with Gasteiger partial charge in [-0.1, -0.05) is 18.2 Å². The van der Waals surface area contributed by atoms with E-state index >= 15 is 0 Å². The topological polar surface area (TPSA) is 42.2 Å². The maximum atomic E-state index is 12.9. The summed E-state index contributed by atoms with van der Waals surface area (Å²) < 4.78 is 5.87. The van der Waals surface area contributed by atoms with Gasteiger partial charge in [0.05, 0.1) is 0 Å². The van der Waals surface area contributed by atoms with Gasteiger partial charge in [0.2, 0.25) is 0 Å². The molecule has 2 aromatic rings. The molecule has 1 N–H and O–H groups in total. The van der Waals surface area contributed by atoms with E-state index in [0.717, 1.165) is 34.3 Å². The molecular formula is C22H27NO2. The zero-order valence-corrected chi connectivity index (χ0v) is 15.2. The van der Waals surface area contributed by atoms with Crippen molar-refractivity contribution in [1.82, 2.24) is 5.32 Å². The SMILES string of the molecule is Cc1c(C(=O)N[C@H](C)C23CC4CC(CC(C4)C2)C3)oc2ccccc12. The fourth-order valence-electron chi connectivity index (χ4n) is 6.51. The predicted octanol–water partition coefficient (Wildman–Crippen LogP) is 5.08. The monoisotopic (exact) mass is 337 g/mol. The maximum Gasteiger partial charge on any atom is 0.287 e. The molecule has 0 aliphatic heterocycles. The first-order valence-electron chi connectivity index (χ1n) is 9.83. The zero-order chi connectivity index (χ0) is 17.2. The van der Waals surface area contributed by atoms with E-state index in [9.17, 15) is 4.79 Å². The third kappa shape index (κ3) is 2.35. The molecule has 1 heterocycles. The summed E-state index contributed by atoms with van der Waals surface area (Å²) >= 11 is 0. The van der Waals surface area contributed by atoms with E-state index in [1.54, 1.807) is 0 Å². The number of fused-ring (bicyclic) bond motifs is 1. The first-order valence-corrected chi connectivity index (χ1v) is 9.83. The number of hydrogen-bond acceptors (Lipinski definition) is 2. The van der Waals surface area contributed by atoms with Crippen molar-refractivity contribution in [3.63, 3.8) is 0 Å². The van der Waals surface area contributed by atoms with Crippen molar-refractivity contribution in [2.75, 3.05) is 0 Å². The summed E-state index contributed by atoms with van der Waals surface area (Å²) in [6.45, 7) is 4.21. The van der Waals surface area contributed by atoms with Crippen molar-refractivity contribution in [1.29, 1.82) is 0 Å². The molecule has 1 aromatic carbocycles. The van der Waals surface area contributed by atoms with Crippen LogP contribution in [0.4, 0.5) is 0 Å². The molecule has 0 saturated heterocycles. The lowest BCUT2D eigenvalue weighted by Crippen LogP contribution is -2.55. The van der Waals surface area contributed by atoms with Crippen LogP contribution in [0.5, 0.6) is 0 Å². The number of aryl methyl sites for hydroxylation is 1. The molecule has 4 aliphatic rings. The smallest absolute Gasteiger partial charge is 0.287 e. The number of amides is 1. The molecule has 0 radical (unpaired) electrons. The summed E-state index contributed by atoms with van der Waals surface area (Å²) in [5, 5.41) is 4.36. The Hall–Kier alpha value is -1.77. The fraction of sp³-hybridized carbons (Fsp3) is 0.591. The number of carbonyl (C=O) groups is 1. The average Bonchev–Trinajstić information content (AvgIpc) is 2.91. The lowest BCUT2D eigenvalue weighted by molar-refractivity contribution is -0.0688. The number of nitrogens with one attached hydrogen (secondary N) is 1. The van der Waals surface area contributed by atoms with Crippen LogP contribution >= 0.6 is 0 Å². The number of para-hydroxylation sites is 1. The number of rotatable bonds is 3. The third-order valence-electron chi connectivity index (χ3n) is 7.40. The van der Waals surface area contributed by atoms with Gasteiger partial charge in [-0.3, -0.25) is 4.79 Å². The Bertz CT molecular complexity index is 798. The standard InChI is InChI=1S/C22H27NO2/c1-13-18-5-3-4-6-19(18)25-20(13)21(24)23-14(2)22-10-15-7-16(11-22)9-17(8-15)12-22/h3-6,14-17H,7-12H2,1-2H3,(H,23,24)/t14-,15?,16?,17?,22?/m1/s1. The van der Waals surface area contributed by atoms with Crippen molar-refractivity contribution in [3.05, 3.63) is 35.6 Å². The molecule has 4 bridgehead atoms. The largest absolute Gasteiger partial charge is 0.451 e. The molecule has 3 heteroatoms. The zero-order valence-electron chi connectivity index (χ0n) is 15.2. The lowest BCUT2D eigenvalue weighted by Gasteiger charge is -2.59. The molecule has 4 fully saturated rings. The molecule has 6 rings (SSSR count). The van der Waals surface area contributed by atoms with Gasteiger partial charge in [0.25, 0.3) is 5.91 Å². The highest BCUT2D eigenvalue weighted by Crippen LogP contribution is 2.61. The van der Waals surface area contributed by atoms with Gasteiger partial charge in [-0.25, -0.2) is 0 Å². The number of hydrogen-bond donors (Lipinski definition) is 1. The summed E-state index contributed by atoms with van der Waals surface area (Å²) in [6, 6.07) is 8.12. The fourth-order valence-corrected chi connectivity index (χ4v) is 6.51. The van der Waals surface area contributed by atoms with E-state index < -0.39 is 0 Å². The molecule has 132 valence electrons. The first-order chi connectivity index (χ1) is 12.0. The van der Waals surface area contributed by atoms with E-state index in [1.165, 1.54) is 38.5 Å². The van der Waals surface area contributed by atoms with E-state index in [-0.39, 0.29) is 11.9 Å². The van der Waals surface area contributed by atoms with E-state index in [0.29, 0.717) is 11.2 Å². The Morgan fingerprint density at radius 1 is 1.12 bits per heavy atom. The Morgan fingerprint density at radius 3 is 2.32 bits per heavy atom. The van der Waals surface area contributed by atoms with Gasteiger partial charge in [-0.15, -0.1) is 0 Å². The van der Waals surface area contributed by atoms with Crippen LogP contribution < -0.4 is 5.32 Å². The minimum Gasteiger partial charge on any atom is -0.451 e. The van der Waals surface area contributed by atoms with Gasteiger partial charge >= 0.3 is 0 Å². The van der Waals surface area contributed by atoms with Gasteiger partial charge in [0.15, 0.2) is 5.76 Å². The highest BCUT2D eigenvalue weighted by Gasteiger charge is 2.53. The lowest BCUT2D eigenvalue weighted by atomic mass is 9.48. The first kappa shape index (κ1) is 15.5. The molecule has 0 unspecified atom stereocenters. The Labute approximate surface area is 149 Å². The van der Waals surface area contributed by atoms with Crippen LogP contribution in [0.15, 0.2) is 28.7 Å². The Kier molecular flexibility index (Phi) is 3.32. The second kappa shape index (κ2) is 5.36. The van der Waals surface area contributed by atoms with Crippen LogP contribution in [0, 0.1) is 30.1 Å². The Balaban J connectivity index is 1.39. The third-order valence-corrected chi connectivity index (χ3v) is 7.40. The summed E-state index contributed by atoms with van der Waals surface area (Å²) in [5.74, 6) is 3.14. The van der Waals surface area contributed by atoms with E-state index in [1.807, 2.05) is 31.2 Å². The molecule has 0 spiro atoms. The van der Waals surface area contributed by atoms with Crippen LogP contribution in [0.25, 0.3) is 11.0 Å². The van der Waals surface area contributed by atoms with Crippen LogP contribution in [0.2, 0.25) is 0 Å². The molecule has 3 nitrogen and oxygen atoms in total. The van der Waals surface area contributed by atoms with Crippen LogP contribution in [0.1, 0.15) is 61.6 Å². The minimum absolute atomic E-state index is 0.0445. The van der Waals surface area contributed by atoms with Crippen LogP contribution in [0.3, 0.4) is 0 Å². The highest BCUT2D eigenvalue weighted by atomic mass is 16.3. The van der Waals surface area contributed by atoms with E-state index in [2.05, 4.69) is 12.2 Å². The van der Waals surface area contributed by atoms with Gasteiger partial charge in [0.1, 0.15) is 5.58 Å². The normalized spacial score (nSPS) is 34.4. The summed E-state index contributed by atoms with van der Waals surface area (Å²) in [6.07, 6.45) is 8.21. The second-order valence-corrected chi connectivity index (χ2v) is 9.03. The summed E-state index contributed by atoms with van der Waals surface area (Å²) in [5.41, 5.74) is 2.07. The Morgan fingerprint density at radius 2 is 1.72 bits per heavy atom. The number of carbonyl (C=O) groups excluding carboxylic acids is 1. The molecule has 1 aromatic heterocycles. The highest BCUT2D eigenvalue weighted by molar-refractivity contribution is 5.99. The van der Waals surface area contributed by atoms with Gasteiger partial charge < -0.3 is 9.73 Å². The number of benzene rings is 1. The van der Waals surface area contributed by atoms with Crippen molar-refractivity contribution in [2.24, 2.45) is 23.2 Å². The second-order valence-electron chi connectivity index (χ2n) is 9.03. The predicted molar refractivity (Wildman–Crippen MR) is 98.5 cm³/mol. The van der Waals surface area contributed by atoms with Gasteiger partial charge in [-0.05, 0) is 81.6 Å². The molecule has 4 saturated carbocycles. The van der Waals surface area contributed by atoms with Gasteiger partial charge in [-0.2, -0.15) is 0 Å². The maximum absolute atomic E-state index is 12.9. The minimum atomic E-state index is -0.0445. The van der Waals surface area contributed by atoms with Crippen molar-refractivity contribution in [2.45, 2.75) is 58.4 Å². The van der Waals surface area contributed by atoms with Gasteiger partial charge in [0, 0.05) is 17.0 Å². The molecule has 4 aliphatic carbocycles. The summed E-state index contributed by atoms with van der Waals surface area (Å²) in [7, 11) is 0. The van der Waals surface area contributed by atoms with Crippen molar-refractivity contribution < 1.29 is 9.21 Å². The van der Waals surface area contributed by atoms with Crippen molar-refractivity contribution in [3.8, 4) is 0 Å². The molecule has 1 atom stereocenters. The molecule has 1 amide bonds. The van der Waals surface area contributed by atoms with Crippen LogP contribution in [-0.4, -0.2) is 11.9 Å². The van der Waals surface area contributed by atoms with E-state index in [4.69, 9.17) is 4.42 Å². The van der Waals surface area contributed by atoms with Crippen LogP contribution in [-0.2, 0) is 0 Å². The summed E-state index contributed by atoms with van der Waals surface area (Å²) in [4.78, 5) is 12.9. The molecule has 25 heavy (non-hydrogen) atoms.